The van der Waals surface area contributed by atoms with Gasteiger partial charge in [-0.25, -0.2) is 0 Å². The number of carbonyl (C=O) groups excluding carboxylic acids is 2. The molecule has 1 aromatic heterocycles. The minimum Gasteiger partial charge on any atom is -0.493 e. The molecule has 0 spiro atoms. The molecule has 8 heteroatoms. The fourth-order valence-electron chi connectivity index (χ4n) is 4.28. The van der Waals surface area contributed by atoms with E-state index in [1.807, 2.05) is 6.92 Å². The summed E-state index contributed by atoms with van der Waals surface area (Å²) in [7, 11) is 1.55. The van der Waals surface area contributed by atoms with E-state index in [-0.39, 0.29) is 30.3 Å². The van der Waals surface area contributed by atoms with Gasteiger partial charge in [-0.3, -0.25) is 9.59 Å². The quantitative estimate of drug-likeness (QED) is 0.392. The molecule has 0 bridgehead atoms. The highest BCUT2D eigenvalue weighted by Crippen LogP contribution is 2.33. The van der Waals surface area contributed by atoms with Crippen LogP contribution in [0.4, 0.5) is 0 Å². The lowest BCUT2D eigenvalue weighted by atomic mass is 10.0. The number of benzene rings is 1. The predicted octanol–water partition coefficient (Wildman–Crippen LogP) is 4.83. The minimum absolute atomic E-state index is 0.0867. The Labute approximate surface area is 200 Å². The van der Waals surface area contributed by atoms with Gasteiger partial charge in [0.2, 0.25) is 11.8 Å². The van der Waals surface area contributed by atoms with Gasteiger partial charge in [0.05, 0.1) is 26.5 Å². The number of hydrogen-bond acceptors (Lipinski definition) is 5. The monoisotopic (exact) mass is 476 g/mol. The second kappa shape index (κ2) is 12.5. The van der Waals surface area contributed by atoms with Crippen molar-refractivity contribution in [1.29, 1.82) is 0 Å². The van der Waals surface area contributed by atoms with Gasteiger partial charge in [0, 0.05) is 6.04 Å². The summed E-state index contributed by atoms with van der Waals surface area (Å²) >= 11 is 5.96. The zero-order valence-corrected chi connectivity index (χ0v) is 20.1. The summed E-state index contributed by atoms with van der Waals surface area (Å²) < 4.78 is 16.6. The van der Waals surface area contributed by atoms with Crippen LogP contribution in [-0.2, 0) is 16.1 Å². The van der Waals surface area contributed by atoms with Crippen molar-refractivity contribution in [2.75, 3.05) is 19.6 Å². The minimum atomic E-state index is -0.894. The molecule has 1 atom stereocenters. The maximum Gasteiger partial charge on any atom is 0.247 e. The van der Waals surface area contributed by atoms with E-state index in [1.165, 1.54) is 17.7 Å². The van der Waals surface area contributed by atoms with E-state index in [0.29, 0.717) is 29.4 Å². The summed E-state index contributed by atoms with van der Waals surface area (Å²) in [4.78, 5) is 28.1. The molecule has 33 heavy (non-hydrogen) atoms. The highest BCUT2D eigenvalue weighted by molar-refractivity contribution is 6.27. The van der Waals surface area contributed by atoms with Gasteiger partial charge in [-0.1, -0.05) is 31.7 Å². The number of ether oxygens (including phenoxy) is 2. The molecule has 2 aromatic rings. The van der Waals surface area contributed by atoms with Crippen molar-refractivity contribution < 1.29 is 23.5 Å². The Balaban J connectivity index is 1.98. The van der Waals surface area contributed by atoms with Crippen LogP contribution in [-0.4, -0.2) is 42.4 Å². The van der Waals surface area contributed by atoms with Gasteiger partial charge in [-0.15, -0.1) is 11.6 Å². The molecular formula is C25H33ClN2O5. The van der Waals surface area contributed by atoms with Crippen molar-refractivity contribution in [3.63, 3.8) is 0 Å². The Morgan fingerprint density at radius 2 is 1.94 bits per heavy atom. The predicted molar refractivity (Wildman–Crippen MR) is 127 cm³/mol. The highest BCUT2D eigenvalue weighted by Gasteiger charge is 2.33. The SMILES string of the molecule is CCOc1ccc(C(C(=O)NC2CCCCCC2)N(Cc2ccco2)C(=O)CCl)cc1OC. The first-order valence-corrected chi connectivity index (χ1v) is 12.1. The molecule has 3 rings (SSSR count). The second-order valence-corrected chi connectivity index (χ2v) is 8.44. The summed E-state index contributed by atoms with van der Waals surface area (Å²) in [6.07, 6.45) is 7.95. The maximum absolute atomic E-state index is 13.7. The van der Waals surface area contributed by atoms with Crippen molar-refractivity contribution in [2.24, 2.45) is 0 Å². The molecule has 0 radical (unpaired) electrons. The molecule has 7 nitrogen and oxygen atoms in total. The lowest BCUT2D eigenvalue weighted by molar-refractivity contribution is -0.140. The Hall–Kier alpha value is -2.67. The van der Waals surface area contributed by atoms with E-state index in [0.717, 1.165) is 25.7 Å². The zero-order chi connectivity index (χ0) is 23.6. The fraction of sp³-hybridized carbons (Fsp3) is 0.520. The molecule has 1 saturated carbocycles. The van der Waals surface area contributed by atoms with Gasteiger partial charge in [-0.2, -0.15) is 0 Å². The first kappa shape index (κ1) is 25.0. The molecule has 1 aromatic carbocycles. The fourth-order valence-corrected chi connectivity index (χ4v) is 4.43. The van der Waals surface area contributed by atoms with Crippen molar-refractivity contribution in [3.05, 3.63) is 47.9 Å². The molecule has 2 amide bonds. The number of nitrogens with one attached hydrogen (secondary N) is 1. The van der Waals surface area contributed by atoms with Crippen LogP contribution in [0.25, 0.3) is 0 Å². The van der Waals surface area contributed by atoms with Crippen LogP contribution in [0.2, 0.25) is 0 Å². The van der Waals surface area contributed by atoms with Crippen LogP contribution in [0.15, 0.2) is 41.0 Å². The summed E-state index contributed by atoms with van der Waals surface area (Å²) in [5, 5.41) is 3.20. The largest absolute Gasteiger partial charge is 0.493 e. The maximum atomic E-state index is 13.7. The molecule has 1 aliphatic rings. The number of furan rings is 1. The van der Waals surface area contributed by atoms with E-state index < -0.39 is 6.04 Å². The lowest BCUT2D eigenvalue weighted by Gasteiger charge is -2.32. The van der Waals surface area contributed by atoms with Crippen molar-refractivity contribution >= 4 is 23.4 Å². The van der Waals surface area contributed by atoms with Crippen LogP contribution >= 0.6 is 11.6 Å². The number of nitrogens with zero attached hydrogens (tertiary/aromatic N) is 1. The third-order valence-electron chi connectivity index (χ3n) is 5.91. The van der Waals surface area contributed by atoms with Crippen LogP contribution in [0, 0.1) is 0 Å². The van der Waals surface area contributed by atoms with Crippen molar-refractivity contribution in [1.82, 2.24) is 10.2 Å². The van der Waals surface area contributed by atoms with Crippen molar-refractivity contribution in [2.45, 2.75) is 64.1 Å². The molecule has 1 heterocycles. The Morgan fingerprint density at radius 3 is 2.55 bits per heavy atom. The highest BCUT2D eigenvalue weighted by atomic mass is 35.5. The van der Waals surface area contributed by atoms with Gasteiger partial charge in [0.1, 0.15) is 17.7 Å². The number of hydrogen-bond donors (Lipinski definition) is 1. The van der Waals surface area contributed by atoms with E-state index in [9.17, 15) is 9.59 Å². The number of methoxy groups -OCH3 is 1. The first-order chi connectivity index (χ1) is 16.1. The normalized spacial score (nSPS) is 15.4. The topological polar surface area (TPSA) is 81.0 Å². The summed E-state index contributed by atoms with van der Waals surface area (Å²) in [6, 6.07) is 8.02. The second-order valence-electron chi connectivity index (χ2n) is 8.18. The van der Waals surface area contributed by atoms with E-state index in [4.69, 9.17) is 25.5 Å². The number of halogens is 1. The first-order valence-electron chi connectivity index (χ1n) is 11.6. The van der Waals surface area contributed by atoms with Gasteiger partial charge in [0.15, 0.2) is 11.5 Å². The zero-order valence-electron chi connectivity index (χ0n) is 19.3. The average molecular weight is 477 g/mol. The Kier molecular flexibility index (Phi) is 9.48. The standard InChI is InChI=1S/C25H33ClN2O5/c1-3-32-21-13-12-18(15-22(21)31-2)24(25(30)27-19-9-6-4-5-7-10-19)28(23(29)16-26)17-20-11-8-14-33-20/h8,11-15,19,24H,3-7,9-10,16-17H2,1-2H3,(H,27,30). The van der Waals surface area contributed by atoms with Crippen molar-refractivity contribution in [3.8, 4) is 11.5 Å². The smallest absolute Gasteiger partial charge is 0.247 e. The van der Waals surface area contributed by atoms with Gasteiger partial charge >= 0.3 is 0 Å². The Bertz CT molecular complexity index is 894. The van der Waals surface area contributed by atoms with Gasteiger partial charge in [0.25, 0.3) is 0 Å². The molecule has 1 fully saturated rings. The molecule has 1 aliphatic carbocycles. The summed E-state index contributed by atoms with van der Waals surface area (Å²) in [5.41, 5.74) is 0.617. The molecule has 1 unspecified atom stereocenters. The van der Waals surface area contributed by atoms with E-state index >= 15 is 0 Å². The van der Waals surface area contributed by atoms with Crippen LogP contribution in [0.5, 0.6) is 11.5 Å². The summed E-state index contributed by atoms with van der Waals surface area (Å²) in [6.45, 7) is 2.49. The lowest BCUT2D eigenvalue weighted by Crippen LogP contribution is -2.46. The average Bonchev–Trinajstić information content (AvgIpc) is 3.21. The van der Waals surface area contributed by atoms with Crippen LogP contribution in [0.1, 0.15) is 62.8 Å². The molecule has 0 saturated heterocycles. The third kappa shape index (κ3) is 6.67. The molecular weight excluding hydrogens is 444 g/mol. The van der Waals surface area contributed by atoms with Crippen LogP contribution < -0.4 is 14.8 Å². The number of rotatable bonds is 10. The number of amides is 2. The van der Waals surface area contributed by atoms with E-state index in [2.05, 4.69) is 5.32 Å². The van der Waals surface area contributed by atoms with Crippen LogP contribution in [0.3, 0.4) is 0 Å². The third-order valence-corrected chi connectivity index (χ3v) is 6.13. The van der Waals surface area contributed by atoms with Gasteiger partial charge < -0.3 is 24.1 Å². The van der Waals surface area contributed by atoms with E-state index in [1.54, 1.807) is 43.7 Å². The summed E-state index contributed by atoms with van der Waals surface area (Å²) in [5.74, 6) is 0.798. The molecule has 180 valence electrons. The van der Waals surface area contributed by atoms with Gasteiger partial charge in [-0.05, 0) is 49.6 Å². The molecule has 1 N–H and O–H groups in total. The Morgan fingerprint density at radius 1 is 1.18 bits per heavy atom. The number of carbonyl (C=O) groups is 2. The number of alkyl halides is 1. The molecule has 0 aliphatic heterocycles.